The smallest absolute Gasteiger partial charge is 0.228 e. The Morgan fingerprint density at radius 1 is 1.58 bits per heavy atom. The van der Waals surface area contributed by atoms with Crippen LogP contribution in [-0.2, 0) is 16.0 Å². The molecule has 0 aliphatic rings. The lowest BCUT2D eigenvalue weighted by Crippen LogP contribution is -2.35. The van der Waals surface area contributed by atoms with Gasteiger partial charge in [-0.15, -0.1) is 11.3 Å². The number of rotatable bonds is 7. The molecule has 1 heterocycles. The van der Waals surface area contributed by atoms with E-state index >= 15 is 0 Å². The molecule has 0 aliphatic carbocycles. The Hall–Kier alpha value is -1.23. The molecule has 0 radical (unpaired) electrons. The monoisotopic (exact) mass is 299 g/mol. The first kappa shape index (κ1) is 15.8. The quantitative estimate of drug-likeness (QED) is 0.782. The number of H-pyrrole nitrogens is 1. The molecule has 1 aromatic heterocycles. The number of nitrogens with one attached hydrogen (secondary N) is 1. The molecule has 0 unspecified atom stereocenters. The maximum Gasteiger partial charge on any atom is 0.228 e. The van der Waals surface area contributed by atoms with Gasteiger partial charge in [0.15, 0.2) is 3.95 Å². The second-order valence-electron chi connectivity index (χ2n) is 4.02. The van der Waals surface area contributed by atoms with Crippen LogP contribution in [0.1, 0.15) is 17.0 Å². The summed E-state index contributed by atoms with van der Waals surface area (Å²) in [7, 11) is 1.59. The predicted octanol–water partition coefficient (Wildman–Crippen LogP) is 2.05. The summed E-state index contributed by atoms with van der Waals surface area (Å²) in [6.45, 7) is 3.32. The fourth-order valence-corrected chi connectivity index (χ4v) is 2.88. The molecule has 0 atom stereocenters. The molecule has 0 saturated carbocycles. The molecule has 1 amide bonds. The van der Waals surface area contributed by atoms with Crippen LogP contribution in [-0.4, -0.2) is 42.6 Å². The molecule has 1 aromatic rings. The zero-order valence-corrected chi connectivity index (χ0v) is 12.7. The highest BCUT2D eigenvalue weighted by molar-refractivity contribution is 7.73. The molecular formula is C12H17N3O2S2. The number of methoxy groups -OCH3 is 1. The second kappa shape index (κ2) is 8.04. The van der Waals surface area contributed by atoms with Crippen LogP contribution in [0, 0.1) is 22.2 Å². The van der Waals surface area contributed by atoms with Gasteiger partial charge in [0.2, 0.25) is 5.91 Å². The molecule has 19 heavy (non-hydrogen) atoms. The van der Waals surface area contributed by atoms with Crippen molar-refractivity contribution in [2.24, 2.45) is 0 Å². The highest BCUT2D eigenvalue weighted by atomic mass is 32.1. The predicted molar refractivity (Wildman–Crippen MR) is 76.6 cm³/mol. The number of carbonyl (C=O) groups excluding carboxylic acids is 1. The Kier molecular flexibility index (Phi) is 6.70. The normalized spacial score (nSPS) is 10.2. The first-order valence-corrected chi connectivity index (χ1v) is 7.13. The van der Waals surface area contributed by atoms with Gasteiger partial charge in [-0.2, -0.15) is 5.26 Å². The zero-order valence-electron chi connectivity index (χ0n) is 11.1. The van der Waals surface area contributed by atoms with Crippen LogP contribution >= 0.6 is 23.6 Å². The average Bonchev–Trinajstić information content (AvgIpc) is 2.68. The molecule has 0 fully saturated rings. The largest absolute Gasteiger partial charge is 0.383 e. The molecule has 0 bridgehead atoms. The highest BCUT2D eigenvalue weighted by Gasteiger charge is 2.15. The van der Waals surface area contributed by atoms with E-state index in [1.165, 1.54) is 11.3 Å². The van der Waals surface area contributed by atoms with Crippen molar-refractivity contribution in [2.45, 2.75) is 19.8 Å². The van der Waals surface area contributed by atoms with Crippen LogP contribution in [0.25, 0.3) is 0 Å². The number of hydrogen-bond donors (Lipinski definition) is 1. The summed E-state index contributed by atoms with van der Waals surface area (Å²) >= 11 is 6.48. The van der Waals surface area contributed by atoms with Crippen molar-refractivity contribution in [1.29, 1.82) is 5.26 Å². The SMILES string of the molecule is COCCN(CCC#N)C(=O)Cc1sc(=S)[nH]c1C. The van der Waals surface area contributed by atoms with Crippen LogP contribution in [0.15, 0.2) is 0 Å². The number of aryl methyl sites for hydroxylation is 1. The van der Waals surface area contributed by atoms with Crippen molar-refractivity contribution in [1.82, 2.24) is 9.88 Å². The third kappa shape index (κ3) is 5.11. The fourth-order valence-electron chi connectivity index (χ4n) is 1.60. The van der Waals surface area contributed by atoms with Crippen LogP contribution in [0.5, 0.6) is 0 Å². The molecule has 104 valence electrons. The lowest BCUT2D eigenvalue weighted by Gasteiger charge is -2.21. The number of nitrogens with zero attached hydrogens (tertiary/aromatic N) is 2. The van der Waals surface area contributed by atoms with Crippen LogP contribution in [0.3, 0.4) is 0 Å². The molecular weight excluding hydrogens is 282 g/mol. The number of carbonyl (C=O) groups is 1. The summed E-state index contributed by atoms with van der Waals surface area (Å²) in [4.78, 5) is 17.8. The molecule has 5 nitrogen and oxygen atoms in total. The number of aromatic nitrogens is 1. The average molecular weight is 299 g/mol. The van der Waals surface area contributed by atoms with E-state index in [1.807, 2.05) is 6.92 Å². The standard InChI is InChI=1S/C12H17N3O2S2/c1-9-10(19-12(18)14-9)8-11(16)15(5-3-4-13)6-7-17-2/h3,5-8H2,1-2H3,(H,14,18). The van der Waals surface area contributed by atoms with Crippen molar-refractivity contribution in [2.75, 3.05) is 26.8 Å². The Bertz CT molecular complexity index is 516. The van der Waals surface area contributed by atoms with Gasteiger partial charge in [0.1, 0.15) is 0 Å². The van der Waals surface area contributed by atoms with Gasteiger partial charge in [-0.25, -0.2) is 0 Å². The first-order chi connectivity index (χ1) is 9.08. The lowest BCUT2D eigenvalue weighted by atomic mass is 10.2. The maximum absolute atomic E-state index is 12.2. The van der Waals surface area contributed by atoms with Crippen LogP contribution < -0.4 is 0 Å². The zero-order chi connectivity index (χ0) is 14.3. The summed E-state index contributed by atoms with van der Waals surface area (Å²) in [6.07, 6.45) is 0.649. The molecule has 0 aliphatic heterocycles. The Balaban J connectivity index is 2.67. The number of amides is 1. The lowest BCUT2D eigenvalue weighted by molar-refractivity contribution is -0.131. The third-order valence-corrected chi connectivity index (χ3v) is 3.98. The van der Waals surface area contributed by atoms with E-state index in [9.17, 15) is 4.79 Å². The van der Waals surface area contributed by atoms with E-state index in [4.69, 9.17) is 22.2 Å². The summed E-state index contributed by atoms with van der Waals surface area (Å²) in [5, 5.41) is 8.62. The highest BCUT2D eigenvalue weighted by Crippen LogP contribution is 2.16. The van der Waals surface area contributed by atoms with Crippen molar-refractivity contribution >= 4 is 29.5 Å². The molecule has 0 aromatic carbocycles. The van der Waals surface area contributed by atoms with Crippen LogP contribution in [0.4, 0.5) is 0 Å². The fraction of sp³-hybridized carbons (Fsp3) is 0.583. The Morgan fingerprint density at radius 2 is 2.32 bits per heavy atom. The van der Waals surface area contributed by atoms with Gasteiger partial charge < -0.3 is 14.6 Å². The summed E-state index contributed by atoms with van der Waals surface area (Å²) in [5.74, 6) is 0.000602. The number of nitriles is 1. The van der Waals surface area contributed by atoms with Gasteiger partial charge in [-0.05, 0) is 19.1 Å². The summed E-state index contributed by atoms with van der Waals surface area (Å²) in [5.41, 5.74) is 0.940. The van der Waals surface area contributed by atoms with E-state index in [0.29, 0.717) is 36.5 Å². The molecule has 1 rings (SSSR count). The van der Waals surface area contributed by atoms with E-state index in [0.717, 1.165) is 10.6 Å². The van der Waals surface area contributed by atoms with Crippen molar-refractivity contribution < 1.29 is 9.53 Å². The Labute approximate surface area is 121 Å². The first-order valence-electron chi connectivity index (χ1n) is 5.90. The van der Waals surface area contributed by atoms with Gasteiger partial charge >= 0.3 is 0 Å². The van der Waals surface area contributed by atoms with E-state index in [2.05, 4.69) is 11.1 Å². The van der Waals surface area contributed by atoms with E-state index in [-0.39, 0.29) is 5.91 Å². The summed E-state index contributed by atoms with van der Waals surface area (Å²) < 4.78 is 5.66. The molecule has 0 saturated heterocycles. The van der Waals surface area contributed by atoms with Gasteiger partial charge in [0, 0.05) is 30.8 Å². The minimum atomic E-state index is 0.000602. The minimum Gasteiger partial charge on any atom is -0.383 e. The molecule has 0 spiro atoms. The van der Waals surface area contributed by atoms with E-state index < -0.39 is 0 Å². The number of thiazole rings is 1. The van der Waals surface area contributed by atoms with Gasteiger partial charge in [-0.3, -0.25) is 4.79 Å². The third-order valence-electron chi connectivity index (χ3n) is 2.65. The van der Waals surface area contributed by atoms with Gasteiger partial charge in [-0.1, -0.05) is 0 Å². The minimum absolute atomic E-state index is 0.000602. The van der Waals surface area contributed by atoms with Gasteiger partial charge in [0.05, 0.1) is 25.5 Å². The molecule has 7 heteroatoms. The second-order valence-corrected chi connectivity index (χ2v) is 5.79. The Morgan fingerprint density at radius 3 is 2.84 bits per heavy atom. The topological polar surface area (TPSA) is 69.1 Å². The van der Waals surface area contributed by atoms with E-state index in [1.54, 1.807) is 12.0 Å². The molecule has 1 N–H and O–H groups in total. The van der Waals surface area contributed by atoms with Crippen molar-refractivity contribution in [3.8, 4) is 6.07 Å². The van der Waals surface area contributed by atoms with Gasteiger partial charge in [0.25, 0.3) is 0 Å². The van der Waals surface area contributed by atoms with Crippen molar-refractivity contribution in [3.05, 3.63) is 14.5 Å². The number of aromatic amines is 1. The maximum atomic E-state index is 12.2. The number of ether oxygens (including phenoxy) is 1. The summed E-state index contributed by atoms with van der Waals surface area (Å²) in [6, 6.07) is 2.05. The van der Waals surface area contributed by atoms with Crippen molar-refractivity contribution in [3.63, 3.8) is 0 Å². The van der Waals surface area contributed by atoms with Crippen LogP contribution in [0.2, 0.25) is 0 Å². The number of hydrogen-bond acceptors (Lipinski definition) is 5.